The van der Waals surface area contributed by atoms with Crippen molar-refractivity contribution in [3.05, 3.63) is 23.9 Å². The van der Waals surface area contributed by atoms with Crippen molar-refractivity contribution < 1.29 is 32.9 Å². The molecule has 152 valence electrons. The smallest absolute Gasteiger partial charge is 0.417 e. The Kier molecular flexibility index (Phi) is 6.53. The maximum absolute atomic E-state index is 12.6. The van der Waals surface area contributed by atoms with Crippen molar-refractivity contribution in [2.24, 2.45) is 5.41 Å². The Morgan fingerprint density at radius 3 is 2.44 bits per heavy atom. The quantitative estimate of drug-likeness (QED) is 0.591. The average molecular weight is 391 g/mol. The molecule has 0 spiro atoms. The summed E-state index contributed by atoms with van der Waals surface area (Å²) in [5.41, 5.74) is -1.65. The van der Waals surface area contributed by atoms with E-state index in [1.54, 1.807) is 13.8 Å². The lowest BCUT2D eigenvalue weighted by atomic mass is 9.86. The molecule has 7 nitrogen and oxygen atoms in total. The molecule has 2 rings (SSSR count). The van der Waals surface area contributed by atoms with Gasteiger partial charge in [0.25, 0.3) is 0 Å². The molecule has 1 heterocycles. The van der Waals surface area contributed by atoms with Crippen LogP contribution in [0, 0.1) is 5.41 Å². The van der Waals surface area contributed by atoms with Gasteiger partial charge in [-0.05, 0) is 32.8 Å². The second-order valence-corrected chi connectivity index (χ2v) is 7.20. The standard InChI is InChI=1S/C17H24F3N3O4/c1-10(2)23-15(26)22-8-16(5-12(24)13(25)6-16)9-27-14-4-3-11(7-21-14)17(18,19)20/h3-4,7,10,12-13,24-25H,5-6,8-9H2,1-2H3,(H2,22,23,26)/t12-,13+,16?. The second-order valence-electron chi connectivity index (χ2n) is 7.20. The molecule has 0 aromatic carbocycles. The van der Waals surface area contributed by atoms with Gasteiger partial charge < -0.3 is 25.6 Å². The van der Waals surface area contributed by atoms with Gasteiger partial charge >= 0.3 is 12.2 Å². The molecule has 4 N–H and O–H groups in total. The zero-order valence-electron chi connectivity index (χ0n) is 15.1. The minimum atomic E-state index is -4.49. The Bertz CT molecular complexity index is 627. The lowest BCUT2D eigenvalue weighted by molar-refractivity contribution is -0.137. The van der Waals surface area contributed by atoms with Crippen molar-refractivity contribution in [1.82, 2.24) is 15.6 Å². The lowest BCUT2D eigenvalue weighted by Gasteiger charge is -2.29. The molecule has 27 heavy (non-hydrogen) atoms. The number of nitrogens with one attached hydrogen (secondary N) is 2. The number of nitrogens with zero attached hydrogens (tertiary/aromatic N) is 1. The summed E-state index contributed by atoms with van der Waals surface area (Å²) in [6, 6.07) is 1.51. The third-order valence-corrected chi connectivity index (χ3v) is 4.36. The van der Waals surface area contributed by atoms with Gasteiger partial charge in [-0.15, -0.1) is 0 Å². The number of alkyl halides is 3. The summed E-state index contributed by atoms with van der Waals surface area (Å²) in [5.74, 6) is -0.00936. The van der Waals surface area contributed by atoms with Crippen LogP contribution in [0.3, 0.4) is 0 Å². The molecule has 1 saturated carbocycles. The molecule has 1 aromatic heterocycles. The van der Waals surface area contributed by atoms with E-state index in [1.165, 1.54) is 0 Å². The van der Waals surface area contributed by atoms with Crippen molar-refractivity contribution >= 4 is 6.03 Å². The fourth-order valence-electron chi connectivity index (χ4n) is 3.00. The molecular weight excluding hydrogens is 367 g/mol. The number of aliphatic hydroxyl groups excluding tert-OH is 2. The van der Waals surface area contributed by atoms with E-state index in [4.69, 9.17) is 4.74 Å². The number of aliphatic hydroxyl groups is 2. The maximum Gasteiger partial charge on any atom is 0.417 e. The van der Waals surface area contributed by atoms with Crippen molar-refractivity contribution in [1.29, 1.82) is 0 Å². The molecule has 1 aliphatic carbocycles. The van der Waals surface area contributed by atoms with Gasteiger partial charge in [0.2, 0.25) is 5.88 Å². The van der Waals surface area contributed by atoms with Crippen LogP contribution in [-0.2, 0) is 6.18 Å². The number of aromatic nitrogens is 1. The van der Waals surface area contributed by atoms with Crippen molar-refractivity contribution in [3.63, 3.8) is 0 Å². The fraction of sp³-hybridized carbons (Fsp3) is 0.647. The number of pyridine rings is 1. The van der Waals surface area contributed by atoms with Crippen LogP contribution < -0.4 is 15.4 Å². The van der Waals surface area contributed by atoms with E-state index in [1.807, 2.05) is 0 Å². The predicted octanol–water partition coefficient (Wildman–Crippen LogP) is 1.69. The Hall–Kier alpha value is -2.07. The number of carbonyl (C=O) groups excluding carboxylic acids is 1. The van der Waals surface area contributed by atoms with E-state index in [-0.39, 0.29) is 37.9 Å². The molecule has 0 saturated heterocycles. The molecule has 2 amide bonds. The van der Waals surface area contributed by atoms with Gasteiger partial charge in [-0.2, -0.15) is 13.2 Å². The van der Waals surface area contributed by atoms with Crippen LogP contribution in [0.15, 0.2) is 18.3 Å². The summed E-state index contributed by atoms with van der Waals surface area (Å²) in [7, 11) is 0. The summed E-state index contributed by atoms with van der Waals surface area (Å²) >= 11 is 0. The molecule has 0 bridgehead atoms. The summed E-state index contributed by atoms with van der Waals surface area (Å²) < 4.78 is 43.2. The van der Waals surface area contributed by atoms with E-state index in [9.17, 15) is 28.2 Å². The molecular formula is C17H24F3N3O4. The predicted molar refractivity (Wildman–Crippen MR) is 90.1 cm³/mol. The van der Waals surface area contributed by atoms with Crippen LogP contribution >= 0.6 is 0 Å². The lowest BCUT2D eigenvalue weighted by Crippen LogP contribution is -2.46. The Morgan fingerprint density at radius 2 is 1.96 bits per heavy atom. The first-order chi connectivity index (χ1) is 12.5. The number of carbonyl (C=O) groups is 1. The monoisotopic (exact) mass is 391 g/mol. The molecule has 10 heteroatoms. The maximum atomic E-state index is 12.6. The first kappa shape index (κ1) is 21.2. The normalized spacial score (nSPS) is 25.5. The number of hydrogen-bond donors (Lipinski definition) is 4. The highest BCUT2D eigenvalue weighted by Crippen LogP contribution is 2.38. The SMILES string of the molecule is CC(C)NC(=O)NCC1(COc2ccc(C(F)(F)F)cn2)C[C@@H](O)[C@@H](O)C1. The van der Waals surface area contributed by atoms with Crippen molar-refractivity contribution in [3.8, 4) is 5.88 Å². The van der Waals surface area contributed by atoms with Gasteiger partial charge in [0.15, 0.2) is 0 Å². The largest absolute Gasteiger partial charge is 0.477 e. The number of halogens is 3. The van der Waals surface area contributed by atoms with E-state index in [0.29, 0.717) is 6.20 Å². The average Bonchev–Trinajstić information content (AvgIpc) is 2.85. The second kappa shape index (κ2) is 8.30. The number of hydrogen-bond acceptors (Lipinski definition) is 5. The van der Waals surface area contributed by atoms with Gasteiger partial charge in [-0.25, -0.2) is 9.78 Å². The topological polar surface area (TPSA) is 104 Å². The number of ether oxygens (including phenoxy) is 1. The van der Waals surface area contributed by atoms with Crippen LogP contribution in [0.2, 0.25) is 0 Å². The van der Waals surface area contributed by atoms with Gasteiger partial charge in [0.1, 0.15) is 0 Å². The van der Waals surface area contributed by atoms with E-state index in [2.05, 4.69) is 15.6 Å². The van der Waals surface area contributed by atoms with Crippen molar-refractivity contribution in [2.75, 3.05) is 13.2 Å². The number of rotatable bonds is 6. The third kappa shape index (κ3) is 5.96. The zero-order valence-corrected chi connectivity index (χ0v) is 15.1. The first-order valence-electron chi connectivity index (χ1n) is 8.57. The summed E-state index contributed by atoms with van der Waals surface area (Å²) in [5, 5.41) is 25.1. The van der Waals surface area contributed by atoms with E-state index in [0.717, 1.165) is 12.1 Å². The van der Waals surface area contributed by atoms with Crippen LogP contribution in [-0.4, -0.2) is 52.6 Å². The molecule has 0 aliphatic heterocycles. The molecule has 1 aromatic rings. The molecule has 3 atom stereocenters. The Balaban J connectivity index is 2.01. The van der Waals surface area contributed by atoms with E-state index < -0.39 is 35.4 Å². The summed E-state index contributed by atoms with van der Waals surface area (Å²) in [6.45, 7) is 3.71. The van der Waals surface area contributed by atoms with Crippen LogP contribution in [0.5, 0.6) is 5.88 Å². The molecule has 0 radical (unpaired) electrons. The summed E-state index contributed by atoms with van der Waals surface area (Å²) in [6.07, 6.45) is -5.39. The molecule has 1 fully saturated rings. The van der Waals surface area contributed by atoms with Crippen molar-refractivity contribution in [2.45, 2.75) is 51.1 Å². The van der Waals surface area contributed by atoms with Gasteiger partial charge in [-0.3, -0.25) is 0 Å². The fourth-order valence-corrected chi connectivity index (χ4v) is 3.00. The first-order valence-corrected chi connectivity index (χ1v) is 8.57. The minimum absolute atomic E-state index is 0.00936. The molecule has 1 unspecified atom stereocenters. The van der Waals surface area contributed by atoms with Crippen LogP contribution in [0.1, 0.15) is 32.3 Å². The van der Waals surface area contributed by atoms with Gasteiger partial charge in [-0.1, -0.05) is 0 Å². The highest BCUT2D eigenvalue weighted by molar-refractivity contribution is 5.74. The van der Waals surface area contributed by atoms with Crippen LogP contribution in [0.25, 0.3) is 0 Å². The summed E-state index contributed by atoms with van der Waals surface area (Å²) in [4.78, 5) is 15.5. The number of amides is 2. The Labute approximate surface area is 154 Å². The Morgan fingerprint density at radius 1 is 1.33 bits per heavy atom. The van der Waals surface area contributed by atoms with E-state index >= 15 is 0 Å². The third-order valence-electron chi connectivity index (χ3n) is 4.36. The highest BCUT2D eigenvalue weighted by Gasteiger charge is 2.45. The highest BCUT2D eigenvalue weighted by atomic mass is 19.4. The van der Waals surface area contributed by atoms with Crippen LogP contribution in [0.4, 0.5) is 18.0 Å². The zero-order chi connectivity index (χ0) is 20.2. The number of urea groups is 1. The molecule has 1 aliphatic rings. The van der Waals surface area contributed by atoms with Gasteiger partial charge in [0, 0.05) is 30.3 Å². The van der Waals surface area contributed by atoms with Gasteiger partial charge in [0.05, 0.1) is 24.4 Å². The minimum Gasteiger partial charge on any atom is -0.477 e.